The smallest absolute Gasteiger partial charge is 0.243 e. The van der Waals surface area contributed by atoms with Gasteiger partial charge in [-0.3, -0.25) is 4.79 Å². The van der Waals surface area contributed by atoms with Gasteiger partial charge in [0.2, 0.25) is 18.0 Å². The molecule has 0 saturated heterocycles. The molecule has 1 aliphatic heterocycles. The Bertz CT molecular complexity index is 838. The number of carbonyl (C=O) groups excluding carboxylic acids is 1. The van der Waals surface area contributed by atoms with Gasteiger partial charge in [-0.1, -0.05) is 28.1 Å². The van der Waals surface area contributed by atoms with Crippen LogP contribution in [-0.2, 0) is 9.53 Å². The molecule has 0 aliphatic carbocycles. The number of hydrogen-bond donors (Lipinski definition) is 0. The van der Waals surface area contributed by atoms with Crippen LogP contribution in [0.15, 0.2) is 52.0 Å². The average molecular weight is 405 g/mol. The molecule has 1 aliphatic rings. The first-order valence-corrected chi connectivity index (χ1v) is 8.35. The third kappa shape index (κ3) is 3.46. The number of rotatable bonds is 4. The van der Waals surface area contributed by atoms with E-state index in [0.717, 1.165) is 10.0 Å². The number of nitrogens with zero attached hydrogens (tertiary/aromatic N) is 2. The van der Waals surface area contributed by atoms with Crippen molar-refractivity contribution in [1.82, 2.24) is 5.01 Å². The highest BCUT2D eigenvalue weighted by atomic mass is 79.9. The highest BCUT2D eigenvalue weighted by molar-refractivity contribution is 9.10. The van der Waals surface area contributed by atoms with Crippen molar-refractivity contribution in [2.24, 2.45) is 5.10 Å². The summed E-state index contributed by atoms with van der Waals surface area (Å²) >= 11 is 3.43. The molecule has 6 nitrogen and oxygen atoms in total. The predicted octanol–water partition coefficient (Wildman–Crippen LogP) is 3.71. The summed E-state index contributed by atoms with van der Waals surface area (Å²) in [6, 6.07) is 12.9. The Kier molecular flexibility index (Phi) is 4.94. The fourth-order valence-corrected chi connectivity index (χ4v) is 2.95. The van der Waals surface area contributed by atoms with Gasteiger partial charge in [0.15, 0.2) is 11.5 Å². The van der Waals surface area contributed by atoms with Crippen LogP contribution in [0.3, 0.4) is 0 Å². The van der Waals surface area contributed by atoms with Crippen LogP contribution in [0.2, 0.25) is 0 Å². The molecule has 2 aromatic carbocycles. The lowest BCUT2D eigenvalue weighted by molar-refractivity contribution is -0.135. The molecule has 0 bridgehead atoms. The summed E-state index contributed by atoms with van der Waals surface area (Å²) in [5.74, 6) is 1.31. The molecule has 0 fully saturated rings. The molecular weight excluding hydrogens is 388 g/mol. The maximum Gasteiger partial charge on any atom is 0.243 e. The molecule has 3 rings (SSSR count). The molecule has 0 N–H and O–H groups in total. The van der Waals surface area contributed by atoms with Crippen molar-refractivity contribution < 1.29 is 19.0 Å². The van der Waals surface area contributed by atoms with E-state index >= 15 is 0 Å². The molecule has 7 heteroatoms. The van der Waals surface area contributed by atoms with E-state index in [-0.39, 0.29) is 5.91 Å². The van der Waals surface area contributed by atoms with Crippen LogP contribution < -0.4 is 9.47 Å². The first kappa shape index (κ1) is 17.3. The highest BCUT2D eigenvalue weighted by Crippen LogP contribution is 2.34. The third-order valence-corrected chi connectivity index (χ3v) is 4.22. The Balaban J connectivity index is 1.96. The second kappa shape index (κ2) is 7.14. The molecule has 2 aromatic rings. The predicted molar refractivity (Wildman–Crippen MR) is 96.6 cm³/mol. The van der Waals surface area contributed by atoms with Gasteiger partial charge in [-0.15, -0.1) is 5.10 Å². The van der Waals surface area contributed by atoms with E-state index in [1.807, 2.05) is 30.3 Å². The molecule has 1 amide bonds. The molecule has 0 unspecified atom stereocenters. The highest BCUT2D eigenvalue weighted by Gasteiger charge is 2.33. The Hall–Kier alpha value is -2.54. The topological polar surface area (TPSA) is 60.4 Å². The summed E-state index contributed by atoms with van der Waals surface area (Å²) < 4.78 is 17.4. The molecular formula is C18H17BrN2O4. The standard InChI is InChI=1S/C18H17BrN2O4/c1-11(22)21-18(13-5-4-6-14(19)9-13)25-17(20-21)12-7-8-15(23-2)16(10-12)24-3/h4-10,18H,1-3H3/t18-/m1/s1. The van der Waals surface area contributed by atoms with Crippen LogP contribution in [0.4, 0.5) is 0 Å². The maximum absolute atomic E-state index is 12.0. The molecule has 1 atom stereocenters. The second-order valence-corrected chi connectivity index (χ2v) is 6.28. The van der Waals surface area contributed by atoms with Crippen LogP contribution >= 0.6 is 15.9 Å². The van der Waals surface area contributed by atoms with Gasteiger partial charge < -0.3 is 14.2 Å². The van der Waals surface area contributed by atoms with Crippen molar-refractivity contribution in [3.8, 4) is 11.5 Å². The van der Waals surface area contributed by atoms with Gasteiger partial charge in [0.05, 0.1) is 14.2 Å². The van der Waals surface area contributed by atoms with Crippen molar-refractivity contribution in [1.29, 1.82) is 0 Å². The normalized spacial score (nSPS) is 16.2. The minimum absolute atomic E-state index is 0.208. The number of methoxy groups -OCH3 is 2. The van der Waals surface area contributed by atoms with Crippen LogP contribution in [0.25, 0.3) is 0 Å². The van der Waals surface area contributed by atoms with Crippen LogP contribution in [-0.4, -0.2) is 31.0 Å². The summed E-state index contributed by atoms with van der Waals surface area (Å²) in [5, 5.41) is 5.67. The number of ether oxygens (including phenoxy) is 3. The van der Waals surface area contributed by atoms with Crippen LogP contribution in [0.5, 0.6) is 11.5 Å². The second-order valence-electron chi connectivity index (χ2n) is 5.36. The Labute approximate surface area is 154 Å². The third-order valence-electron chi connectivity index (χ3n) is 3.73. The van der Waals surface area contributed by atoms with E-state index < -0.39 is 6.23 Å². The van der Waals surface area contributed by atoms with Gasteiger partial charge in [-0.25, -0.2) is 0 Å². The largest absolute Gasteiger partial charge is 0.493 e. The van der Waals surface area contributed by atoms with Crippen molar-refractivity contribution in [2.45, 2.75) is 13.2 Å². The fraction of sp³-hybridized carbons (Fsp3) is 0.222. The lowest BCUT2D eigenvalue weighted by Crippen LogP contribution is -2.25. The van der Waals surface area contributed by atoms with Gasteiger partial charge in [0.25, 0.3) is 0 Å². The average Bonchev–Trinajstić information content (AvgIpc) is 3.07. The maximum atomic E-state index is 12.0. The van der Waals surface area contributed by atoms with E-state index in [1.165, 1.54) is 11.9 Å². The first-order chi connectivity index (χ1) is 12.0. The monoisotopic (exact) mass is 404 g/mol. The van der Waals surface area contributed by atoms with E-state index in [1.54, 1.807) is 26.4 Å². The molecule has 0 radical (unpaired) electrons. The lowest BCUT2D eigenvalue weighted by atomic mass is 10.2. The Morgan fingerprint density at radius 1 is 1.16 bits per heavy atom. The van der Waals surface area contributed by atoms with E-state index in [4.69, 9.17) is 14.2 Å². The van der Waals surface area contributed by atoms with E-state index in [0.29, 0.717) is 23.0 Å². The number of benzene rings is 2. The van der Waals surface area contributed by atoms with Gasteiger partial charge in [-0.2, -0.15) is 5.01 Å². The summed E-state index contributed by atoms with van der Waals surface area (Å²) in [6.07, 6.45) is -0.613. The number of hydrogen-bond acceptors (Lipinski definition) is 5. The Morgan fingerprint density at radius 2 is 1.92 bits per heavy atom. The van der Waals surface area contributed by atoms with Crippen LogP contribution in [0.1, 0.15) is 24.3 Å². The number of hydrazone groups is 1. The molecule has 0 aromatic heterocycles. The first-order valence-electron chi connectivity index (χ1n) is 7.56. The fourth-order valence-electron chi connectivity index (χ4n) is 2.53. The van der Waals surface area contributed by atoms with Crippen molar-refractivity contribution in [3.05, 3.63) is 58.1 Å². The molecule has 130 valence electrons. The SMILES string of the molecule is COc1ccc(C2=NN(C(C)=O)[C@@H](c3cccc(Br)c3)O2)cc1OC. The lowest BCUT2D eigenvalue weighted by Gasteiger charge is -2.19. The number of carbonyl (C=O) groups is 1. The van der Waals surface area contributed by atoms with Crippen molar-refractivity contribution >= 4 is 27.7 Å². The quantitative estimate of drug-likeness (QED) is 0.779. The van der Waals surface area contributed by atoms with E-state index in [2.05, 4.69) is 21.0 Å². The summed E-state index contributed by atoms with van der Waals surface area (Å²) in [5.41, 5.74) is 1.52. The van der Waals surface area contributed by atoms with Crippen LogP contribution in [0, 0.1) is 0 Å². The minimum Gasteiger partial charge on any atom is -0.493 e. The summed E-state index contributed by atoms with van der Waals surface area (Å²) in [6.45, 7) is 1.45. The van der Waals surface area contributed by atoms with Gasteiger partial charge in [0, 0.05) is 22.5 Å². The van der Waals surface area contributed by atoms with E-state index in [9.17, 15) is 4.79 Å². The molecule has 0 spiro atoms. The van der Waals surface area contributed by atoms with Crippen molar-refractivity contribution in [3.63, 3.8) is 0 Å². The molecule has 1 heterocycles. The summed E-state index contributed by atoms with van der Waals surface area (Å²) in [7, 11) is 3.13. The number of halogens is 1. The zero-order valence-corrected chi connectivity index (χ0v) is 15.6. The molecule has 25 heavy (non-hydrogen) atoms. The van der Waals surface area contributed by atoms with Gasteiger partial charge in [-0.05, 0) is 30.3 Å². The Morgan fingerprint density at radius 3 is 2.56 bits per heavy atom. The number of amides is 1. The zero-order valence-electron chi connectivity index (χ0n) is 14.0. The summed E-state index contributed by atoms with van der Waals surface area (Å²) in [4.78, 5) is 12.0. The van der Waals surface area contributed by atoms with Gasteiger partial charge in [0.1, 0.15) is 0 Å². The minimum atomic E-state index is -0.613. The zero-order chi connectivity index (χ0) is 18.0. The van der Waals surface area contributed by atoms with Gasteiger partial charge >= 0.3 is 0 Å². The van der Waals surface area contributed by atoms with Crippen molar-refractivity contribution in [2.75, 3.05) is 14.2 Å². The molecule has 0 saturated carbocycles.